The van der Waals surface area contributed by atoms with Crippen LogP contribution in [0.4, 0.5) is 0 Å². The Hall–Kier alpha value is -3.47. The van der Waals surface area contributed by atoms with Gasteiger partial charge < -0.3 is 9.84 Å². The number of benzene rings is 2. The highest BCUT2D eigenvalue weighted by Crippen LogP contribution is 2.36. The highest BCUT2D eigenvalue weighted by atomic mass is 16.5. The molecule has 3 aromatic rings. The Kier molecular flexibility index (Phi) is 5.83. The largest absolute Gasteiger partial charge is 0.508 e. The van der Waals surface area contributed by atoms with Crippen LogP contribution in [0, 0.1) is 5.41 Å². The zero-order chi connectivity index (χ0) is 22.9. The number of esters is 1. The quantitative estimate of drug-likeness (QED) is 0.547. The van der Waals surface area contributed by atoms with Crippen LogP contribution in [0.1, 0.15) is 60.8 Å². The molecule has 2 aromatic carbocycles. The number of ketones is 1. The molecule has 1 aliphatic rings. The Bertz CT molecular complexity index is 1220. The van der Waals surface area contributed by atoms with E-state index < -0.39 is 11.4 Å². The van der Waals surface area contributed by atoms with Gasteiger partial charge in [0.05, 0.1) is 16.8 Å². The molecule has 0 saturated carbocycles. The van der Waals surface area contributed by atoms with E-state index in [1.54, 1.807) is 12.1 Å². The minimum Gasteiger partial charge on any atom is -0.508 e. The monoisotopic (exact) mass is 429 g/mol. The number of aromatic hydroxyl groups is 1. The van der Waals surface area contributed by atoms with Gasteiger partial charge in [-0.15, -0.1) is 0 Å². The molecule has 0 atom stereocenters. The molecular formula is C27H27NO4. The fraction of sp³-hybridized carbons (Fsp3) is 0.296. The van der Waals surface area contributed by atoms with Gasteiger partial charge in [0.1, 0.15) is 5.75 Å². The molecule has 0 spiro atoms. The van der Waals surface area contributed by atoms with Gasteiger partial charge in [-0.2, -0.15) is 0 Å². The summed E-state index contributed by atoms with van der Waals surface area (Å²) >= 11 is 0. The number of hydrogen-bond donors (Lipinski definition) is 1. The predicted molar refractivity (Wildman–Crippen MR) is 125 cm³/mol. The lowest BCUT2D eigenvalue weighted by Crippen LogP contribution is -2.27. The van der Waals surface area contributed by atoms with Gasteiger partial charge in [0, 0.05) is 10.8 Å². The summed E-state index contributed by atoms with van der Waals surface area (Å²) in [5.41, 5.74) is 4.33. The van der Waals surface area contributed by atoms with Gasteiger partial charge in [-0.25, -0.2) is 9.78 Å². The number of aromatic nitrogens is 1. The number of phenols is 1. The van der Waals surface area contributed by atoms with Gasteiger partial charge in [-0.3, -0.25) is 4.79 Å². The first-order valence-corrected chi connectivity index (χ1v) is 10.9. The van der Waals surface area contributed by atoms with E-state index >= 15 is 0 Å². The molecule has 1 N–H and O–H groups in total. The third kappa shape index (κ3) is 4.42. The van der Waals surface area contributed by atoms with Crippen LogP contribution in [0.2, 0.25) is 0 Å². The number of Topliss-reactive ketones (excluding diaryl/α,β-unsaturated/α-hetero) is 1. The molecule has 5 heteroatoms. The summed E-state index contributed by atoms with van der Waals surface area (Å²) in [5.74, 6) is -0.385. The summed E-state index contributed by atoms with van der Waals surface area (Å²) in [6, 6.07) is 14.5. The van der Waals surface area contributed by atoms with E-state index in [0.717, 1.165) is 52.6 Å². The number of fused-ring (bicyclic) bond motifs is 2. The summed E-state index contributed by atoms with van der Waals surface area (Å²) in [5, 5.41) is 10.3. The van der Waals surface area contributed by atoms with E-state index in [2.05, 4.69) is 6.08 Å². The van der Waals surface area contributed by atoms with Crippen LogP contribution in [-0.4, -0.2) is 28.4 Å². The van der Waals surface area contributed by atoms with Crippen LogP contribution in [-0.2, 0) is 16.0 Å². The molecule has 5 nitrogen and oxygen atoms in total. The van der Waals surface area contributed by atoms with E-state index in [0.29, 0.717) is 5.56 Å². The minimum absolute atomic E-state index is 0.119. The molecule has 4 rings (SSSR count). The molecule has 0 fully saturated rings. The maximum atomic E-state index is 13.2. The molecule has 0 radical (unpaired) electrons. The lowest BCUT2D eigenvalue weighted by atomic mass is 9.86. The van der Waals surface area contributed by atoms with Crippen LogP contribution in [0.3, 0.4) is 0 Å². The number of carbonyl (C=O) groups excluding carboxylic acids is 2. The van der Waals surface area contributed by atoms with E-state index in [9.17, 15) is 14.7 Å². The van der Waals surface area contributed by atoms with Gasteiger partial charge in [0.25, 0.3) is 0 Å². The second-order valence-electron chi connectivity index (χ2n) is 9.20. The van der Waals surface area contributed by atoms with Gasteiger partial charge in [0.15, 0.2) is 12.4 Å². The molecule has 164 valence electrons. The Morgan fingerprint density at radius 3 is 2.50 bits per heavy atom. The lowest BCUT2D eigenvalue weighted by molar-refractivity contribution is -0.129. The Morgan fingerprint density at radius 2 is 1.78 bits per heavy atom. The number of pyridine rings is 1. The Morgan fingerprint density at radius 1 is 1.06 bits per heavy atom. The summed E-state index contributed by atoms with van der Waals surface area (Å²) < 4.78 is 5.49. The molecular weight excluding hydrogens is 402 g/mol. The topological polar surface area (TPSA) is 76.5 Å². The molecule has 0 unspecified atom stereocenters. The molecule has 0 aliphatic heterocycles. The van der Waals surface area contributed by atoms with Crippen molar-refractivity contribution < 1.29 is 19.4 Å². The van der Waals surface area contributed by atoms with Crippen molar-refractivity contribution in [2.24, 2.45) is 5.41 Å². The summed E-state index contributed by atoms with van der Waals surface area (Å²) in [7, 11) is 0. The van der Waals surface area contributed by atoms with Gasteiger partial charge in [0.2, 0.25) is 0 Å². The average Bonchev–Trinajstić information content (AvgIpc) is 2.77. The van der Waals surface area contributed by atoms with Gasteiger partial charge in [-0.1, -0.05) is 51.1 Å². The third-order valence-corrected chi connectivity index (χ3v) is 5.78. The van der Waals surface area contributed by atoms with Gasteiger partial charge in [-0.05, 0) is 60.2 Å². The van der Waals surface area contributed by atoms with Crippen LogP contribution in [0.25, 0.3) is 22.6 Å². The van der Waals surface area contributed by atoms with Crippen LogP contribution >= 0.6 is 0 Å². The molecule has 0 amide bonds. The summed E-state index contributed by atoms with van der Waals surface area (Å²) in [6.07, 6.45) is 4.50. The van der Waals surface area contributed by atoms with Crippen LogP contribution in [0.5, 0.6) is 5.75 Å². The highest BCUT2D eigenvalue weighted by Gasteiger charge is 2.28. The number of allylic oxidation sites excluding steroid dienone is 1. The fourth-order valence-corrected chi connectivity index (χ4v) is 3.90. The number of phenolic OH excluding ortho intramolecular Hbond substituents is 1. The predicted octanol–water partition coefficient (Wildman–Crippen LogP) is 5.59. The van der Waals surface area contributed by atoms with Gasteiger partial charge >= 0.3 is 5.97 Å². The second-order valence-corrected chi connectivity index (χ2v) is 9.20. The van der Waals surface area contributed by atoms with Crippen molar-refractivity contribution in [2.45, 2.75) is 40.0 Å². The van der Waals surface area contributed by atoms with Crippen molar-refractivity contribution in [1.29, 1.82) is 0 Å². The normalized spacial score (nSPS) is 14.9. The van der Waals surface area contributed by atoms with E-state index in [1.165, 1.54) is 0 Å². The summed E-state index contributed by atoms with van der Waals surface area (Å²) in [6.45, 7) is 5.19. The number of nitrogens with zero attached hydrogens (tertiary/aromatic N) is 1. The third-order valence-electron chi connectivity index (χ3n) is 5.78. The second kappa shape index (κ2) is 8.58. The van der Waals surface area contributed by atoms with E-state index in [1.807, 2.05) is 57.2 Å². The number of carbonyl (C=O) groups is 2. The first-order valence-electron chi connectivity index (χ1n) is 10.9. The standard InChI is InChI=1S/C27H27NO4/c1-27(2,3)23(30)16-32-26(31)24-20-8-4-5-10-22(20)28-25-18(7-6-9-21(24)25)15-17-11-13-19(29)14-12-17/h4-5,8,10-15,29H,6-7,9,16H2,1-3H3/b18-15-. The SMILES string of the molecule is CC(C)(C)C(=O)COC(=O)c1c2c(nc3ccccc13)/C(=C\c1ccc(O)cc1)CCC2. The molecule has 1 aromatic heterocycles. The van der Waals surface area contributed by atoms with E-state index in [-0.39, 0.29) is 18.1 Å². The van der Waals surface area contributed by atoms with Crippen LogP contribution in [0.15, 0.2) is 48.5 Å². The van der Waals surface area contributed by atoms with Crippen molar-refractivity contribution in [2.75, 3.05) is 6.61 Å². The molecule has 0 bridgehead atoms. The Labute approximate surface area is 187 Å². The maximum Gasteiger partial charge on any atom is 0.339 e. The van der Waals surface area contributed by atoms with Crippen molar-refractivity contribution in [1.82, 2.24) is 4.98 Å². The first-order chi connectivity index (χ1) is 15.2. The maximum absolute atomic E-state index is 13.2. The summed E-state index contributed by atoms with van der Waals surface area (Å²) in [4.78, 5) is 30.4. The van der Waals surface area contributed by atoms with Crippen molar-refractivity contribution >= 4 is 34.3 Å². The molecule has 1 aliphatic carbocycles. The fourth-order valence-electron chi connectivity index (χ4n) is 3.90. The zero-order valence-electron chi connectivity index (χ0n) is 18.6. The van der Waals surface area contributed by atoms with Crippen LogP contribution < -0.4 is 0 Å². The number of rotatable bonds is 4. The number of ether oxygens (including phenoxy) is 1. The van der Waals surface area contributed by atoms with Crippen molar-refractivity contribution in [3.63, 3.8) is 0 Å². The van der Waals surface area contributed by atoms with Crippen molar-refractivity contribution in [3.8, 4) is 5.75 Å². The molecule has 1 heterocycles. The van der Waals surface area contributed by atoms with E-state index in [4.69, 9.17) is 9.72 Å². The Balaban J connectivity index is 1.79. The zero-order valence-corrected chi connectivity index (χ0v) is 18.6. The van der Waals surface area contributed by atoms with Crippen molar-refractivity contribution in [3.05, 3.63) is 70.9 Å². The molecule has 0 saturated heterocycles. The molecule has 32 heavy (non-hydrogen) atoms. The lowest BCUT2D eigenvalue weighted by Gasteiger charge is -2.23. The number of hydrogen-bond acceptors (Lipinski definition) is 5. The average molecular weight is 430 g/mol. The smallest absolute Gasteiger partial charge is 0.339 e. The first kappa shape index (κ1) is 21.8. The number of para-hydroxylation sites is 1. The minimum atomic E-state index is -0.569. The highest BCUT2D eigenvalue weighted by molar-refractivity contribution is 6.07.